The maximum Gasteiger partial charge on any atom is 0.251 e. The van der Waals surface area contributed by atoms with E-state index in [0.717, 1.165) is 0 Å². The van der Waals surface area contributed by atoms with Crippen LogP contribution in [0.1, 0.15) is 13.3 Å². The predicted octanol–water partition coefficient (Wildman–Crippen LogP) is 1.53. The Balaban J connectivity index is 2.65. The maximum absolute atomic E-state index is 11.7. The molecule has 3 N–H and O–H groups in total. The van der Waals surface area contributed by atoms with Crippen molar-refractivity contribution in [3.8, 4) is 0 Å². The van der Waals surface area contributed by atoms with Gasteiger partial charge in [0.25, 0.3) is 10.0 Å². The molecule has 0 saturated heterocycles. The highest BCUT2D eigenvalue weighted by Gasteiger charge is 2.18. The van der Waals surface area contributed by atoms with Crippen LogP contribution < -0.4 is 10.5 Å². The summed E-state index contributed by atoms with van der Waals surface area (Å²) in [5.41, 5.74) is 5.53. The maximum atomic E-state index is 11.7. The van der Waals surface area contributed by atoms with Crippen molar-refractivity contribution >= 4 is 37.3 Å². The number of nitrogens with one attached hydrogen (secondary N) is 1. The van der Waals surface area contributed by atoms with E-state index in [-0.39, 0.29) is 6.04 Å². The molecule has 7 heteroatoms. The molecule has 0 aromatic carbocycles. The topological polar surface area (TPSA) is 72.2 Å². The zero-order chi connectivity index (χ0) is 11.5. The number of halogens is 1. The Hall–Kier alpha value is 0.0500. The second-order valence-electron chi connectivity index (χ2n) is 3.22. The number of nitrogens with two attached hydrogens (primary N) is 1. The molecule has 15 heavy (non-hydrogen) atoms. The Kier molecular flexibility index (Phi) is 4.72. The van der Waals surface area contributed by atoms with Crippen molar-refractivity contribution in [2.45, 2.75) is 23.6 Å². The van der Waals surface area contributed by atoms with Crippen molar-refractivity contribution in [1.29, 1.82) is 0 Å². The molecule has 4 nitrogen and oxygen atoms in total. The van der Waals surface area contributed by atoms with Crippen LogP contribution in [-0.4, -0.2) is 21.0 Å². The lowest BCUT2D eigenvalue weighted by molar-refractivity contribution is 0.573. The molecule has 1 atom stereocenters. The lowest BCUT2D eigenvalue weighted by atomic mass is 10.3. The first-order valence-electron chi connectivity index (χ1n) is 4.41. The highest BCUT2D eigenvalue weighted by Crippen LogP contribution is 2.27. The summed E-state index contributed by atoms with van der Waals surface area (Å²) in [5, 5.41) is 1.73. The van der Waals surface area contributed by atoms with Gasteiger partial charge in [-0.1, -0.05) is 0 Å². The van der Waals surface area contributed by atoms with Crippen molar-refractivity contribution in [2.24, 2.45) is 5.73 Å². The largest absolute Gasteiger partial charge is 0.328 e. The molecule has 0 fully saturated rings. The fourth-order valence-electron chi connectivity index (χ4n) is 0.958. The van der Waals surface area contributed by atoms with Gasteiger partial charge in [0.15, 0.2) is 0 Å². The zero-order valence-electron chi connectivity index (χ0n) is 8.23. The van der Waals surface area contributed by atoms with Crippen LogP contribution in [0.3, 0.4) is 0 Å². The van der Waals surface area contributed by atoms with Gasteiger partial charge in [-0.25, -0.2) is 13.1 Å². The molecule has 0 spiro atoms. The van der Waals surface area contributed by atoms with Crippen molar-refractivity contribution in [3.05, 3.63) is 15.9 Å². The summed E-state index contributed by atoms with van der Waals surface area (Å²) in [7, 11) is -3.38. The summed E-state index contributed by atoms with van der Waals surface area (Å²) >= 11 is 4.38. The van der Waals surface area contributed by atoms with E-state index >= 15 is 0 Å². The van der Waals surface area contributed by atoms with E-state index in [9.17, 15) is 8.42 Å². The fourth-order valence-corrected chi connectivity index (χ4v) is 4.39. The molecule has 86 valence electrons. The summed E-state index contributed by atoms with van der Waals surface area (Å²) in [6, 6.07) is 1.71. The third-order valence-corrected chi connectivity index (χ3v) is 5.85. The lowest BCUT2D eigenvalue weighted by Crippen LogP contribution is -2.28. The van der Waals surface area contributed by atoms with Crippen LogP contribution in [0.2, 0.25) is 0 Å². The van der Waals surface area contributed by atoms with E-state index in [1.54, 1.807) is 11.4 Å². The van der Waals surface area contributed by atoms with E-state index in [1.807, 2.05) is 6.92 Å². The number of hydrogen-bond acceptors (Lipinski definition) is 4. The van der Waals surface area contributed by atoms with Gasteiger partial charge < -0.3 is 5.73 Å². The molecule has 1 rings (SSSR count). The predicted molar refractivity (Wildman–Crippen MR) is 65.5 cm³/mol. The van der Waals surface area contributed by atoms with Crippen LogP contribution in [0.4, 0.5) is 0 Å². The summed E-state index contributed by atoms with van der Waals surface area (Å²) in [4.78, 5) is 0. The summed E-state index contributed by atoms with van der Waals surface area (Å²) in [6.07, 6.45) is 0.627. The zero-order valence-corrected chi connectivity index (χ0v) is 11.5. The van der Waals surface area contributed by atoms with E-state index in [1.165, 1.54) is 11.3 Å². The van der Waals surface area contributed by atoms with Gasteiger partial charge in [-0.2, -0.15) is 0 Å². The second-order valence-corrected chi connectivity index (χ2v) is 6.95. The Morgan fingerprint density at radius 3 is 2.80 bits per heavy atom. The van der Waals surface area contributed by atoms with Gasteiger partial charge >= 0.3 is 0 Å². The van der Waals surface area contributed by atoms with Gasteiger partial charge in [0.2, 0.25) is 0 Å². The average Bonchev–Trinajstić information content (AvgIpc) is 2.50. The SMILES string of the molecule is C[C@@H](N)CCNS(=O)(=O)c1sccc1Br. The molecule has 0 radical (unpaired) electrons. The first-order valence-corrected chi connectivity index (χ1v) is 7.57. The molecular formula is C8H13BrN2O2S2. The van der Waals surface area contributed by atoms with Crippen molar-refractivity contribution in [2.75, 3.05) is 6.54 Å². The summed E-state index contributed by atoms with van der Waals surface area (Å²) in [6.45, 7) is 2.21. The molecule has 1 aromatic rings. The minimum absolute atomic E-state index is 0.000485. The molecule has 0 unspecified atom stereocenters. The fraction of sp³-hybridized carbons (Fsp3) is 0.500. The second kappa shape index (κ2) is 5.40. The molecule has 0 aliphatic carbocycles. The van der Waals surface area contributed by atoms with Crippen LogP contribution in [0.25, 0.3) is 0 Å². The van der Waals surface area contributed by atoms with Crippen LogP contribution in [-0.2, 0) is 10.0 Å². The van der Waals surface area contributed by atoms with Crippen molar-refractivity contribution in [3.63, 3.8) is 0 Å². The first-order chi connectivity index (χ1) is 6.93. The Bertz CT molecular complexity index is 414. The van der Waals surface area contributed by atoms with Crippen LogP contribution >= 0.6 is 27.3 Å². The molecule has 1 aromatic heterocycles. The minimum Gasteiger partial charge on any atom is -0.328 e. The van der Waals surface area contributed by atoms with E-state index in [0.29, 0.717) is 21.6 Å². The number of rotatable bonds is 5. The number of sulfonamides is 1. The van der Waals surface area contributed by atoms with E-state index in [2.05, 4.69) is 20.7 Å². The van der Waals surface area contributed by atoms with E-state index in [4.69, 9.17) is 5.73 Å². The molecule has 0 bridgehead atoms. The smallest absolute Gasteiger partial charge is 0.251 e. The summed E-state index contributed by atoms with van der Waals surface area (Å²) < 4.78 is 26.9. The Morgan fingerprint density at radius 1 is 1.67 bits per heavy atom. The van der Waals surface area contributed by atoms with Gasteiger partial charge in [-0.05, 0) is 40.7 Å². The van der Waals surface area contributed by atoms with Gasteiger partial charge in [0, 0.05) is 17.1 Å². The Labute approximate surface area is 102 Å². The normalized spacial score (nSPS) is 14.1. The molecule has 0 aliphatic heterocycles. The van der Waals surface area contributed by atoms with Gasteiger partial charge in [-0.15, -0.1) is 11.3 Å². The van der Waals surface area contributed by atoms with Gasteiger partial charge in [-0.3, -0.25) is 0 Å². The van der Waals surface area contributed by atoms with Gasteiger partial charge in [0.05, 0.1) is 0 Å². The monoisotopic (exact) mass is 312 g/mol. The van der Waals surface area contributed by atoms with Gasteiger partial charge in [0.1, 0.15) is 4.21 Å². The first kappa shape index (κ1) is 13.1. The van der Waals surface area contributed by atoms with E-state index < -0.39 is 10.0 Å². The third kappa shape index (κ3) is 3.84. The number of hydrogen-bond donors (Lipinski definition) is 2. The molecular weight excluding hydrogens is 300 g/mol. The number of thiophene rings is 1. The van der Waals surface area contributed by atoms with Crippen molar-refractivity contribution in [1.82, 2.24) is 4.72 Å². The minimum atomic E-state index is -3.38. The molecule has 0 aliphatic rings. The van der Waals surface area contributed by atoms with Crippen LogP contribution in [0, 0.1) is 0 Å². The Morgan fingerprint density at radius 2 is 2.33 bits per heavy atom. The van der Waals surface area contributed by atoms with Crippen LogP contribution in [0.15, 0.2) is 20.1 Å². The standard InChI is InChI=1S/C8H13BrN2O2S2/c1-6(10)2-4-11-15(12,13)8-7(9)3-5-14-8/h3,5-6,11H,2,4,10H2,1H3/t6-/m1/s1. The summed E-state index contributed by atoms with van der Waals surface area (Å²) in [5.74, 6) is 0. The molecule has 0 saturated carbocycles. The lowest BCUT2D eigenvalue weighted by Gasteiger charge is -2.07. The third-order valence-electron chi connectivity index (χ3n) is 1.72. The average molecular weight is 313 g/mol. The highest BCUT2D eigenvalue weighted by molar-refractivity contribution is 9.10. The quantitative estimate of drug-likeness (QED) is 0.866. The highest BCUT2D eigenvalue weighted by atomic mass is 79.9. The van der Waals surface area contributed by atoms with Crippen LogP contribution in [0.5, 0.6) is 0 Å². The molecule has 0 amide bonds. The molecule has 1 heterocycles. The van der Waals surface area contributed by atoms with Crippen molar-refractivity contribution < 1.29 is 8.42 Å².